The first-order chi connectivity index (χ1) is 19.5. The molecule has 208 valence electrons. The van der Waals surface area contributed by atoms with Crippen LogP contribution in [0.3, 0.4) is 0 Å². The van der Waals surface area contributed by atoms with Crippen molar-refractivity contribution in [3.05, 3.63) is 100 Å². The van der Waals surface area contributed by atoms with Gasteiger partial charge in [0.15, 0.2) is 5.75 Å². The number of nitrogens with one attached hydrogen (secondary N) is 2. The van der Waals surface area contributed by atoms with Crippen molar-refractivity contribution in [2.45, 2.75) is 13.2 Å². The molecule has 0 bridgehead atoms. The number of methoxy groups -OCH3 is 2. The molecule has 4 aromatic rings. The largest absolute Gasteiger partial charge is 0.497 e. The average molecular weight is 547 g/mol. The van der Waals surface area contributed by atoms with Crippen LogP contribution in [-0.2, 0) is 13.2 Å². The minimum Gasteiger partial charge on any atom is -0.497 e. The maximum Gasteiger partial charge on any atom is 0.271 e. The third-order valence-corrected chi connectivity index (χ3v) is 5.77. The van der Waals surface area contributed by atoms with Crippen LogP contribution < -0.4 is 40.8 Å². The Morgan fingerprint density at radius 1 is 0.950 bits per heavy atom. The van der Waals surface area contributed by atoms with Crippen molar-refractivity contribution in [3.8, 4) is 17.2 Å². The molecule has 0 unspecified atom stereocenters. The molecule has 0 atom stereocenters. The van der Waals surface area contributed by atoms with Gasteiger partial charge < -0.3 is 35.4 Å². The molecule has 12 heteroatoms. The summed E-state index contributed by atoms with van der Waals surface area (Å²) < 4.78 is 17.4. The molecule has 40 heavy (non-hydrogen) atoms. The predicted molar refractivity (Wildman–Crippen MR) is 149 cm³/mol. The second-order valence-electron chi connectivity index (χ2n) is 8.48. The molecule has 0 spiro atoms. The smallest absolute Gasteiger partial charge is 0.271 e. The van der Waals surface area contributed by atoms with Crippen LogP contribution in [0.25, 0.3) is 0 Å². The number of nitrogens with two attached hydrogens (primary N) is 1. The first-order valence-corrected chi connectivity index (χ1v) is 12.3. The number of rotatable bonds is 13. The van der Waals surface area contributed by atoms with E-state index in [4.69, 9.17) is 24.8 Å². The Morgan fingerprint density at radius 2 is 1.60 bits per heavy atom. The first kappa shape index (κ1) is 27.8. The number of anilines is 2. The minimum atomic E-state index is -0.507. The van der Waals surface area contributed by atoms with Gasteiger partial charge in [-0.3, -0.25) is 9.59 Å². The molecular formula is C28H30N6O6. The van der Waals surface area contributed by atoms with E-state index in [-0.39, 0.29) is 31.2 Å². The van der Waals surface area contributed by atoms with Gasteiger partial charge in [0, 0.05) is 19.2 Å². The Morgan fingerprint density at radius 3 is 2.23 bits per heavy atom. The van der Waals surface area contributed by atoms with Crippen molar-refractivity contribution in [2.75, 3.05) is 38.4 Å². The van der Waals surface area contributed by atoms with Gasteiger partial charge in [-0.15, -0.1) is 0 Å². The number of pyridine rings is 1. The summed E-state index contributed by atoms with van der Waals surface area (Å²) >= 11 is 0. The summed E-state index contributed by atoms with van der Waals surface area (Å²) in [5.74, 6) is 1.24. The number of aromatic nitrogens is 3. The summed E-state index contributed by atoms with van der Waals surface area (Å²) in [6.07, 6.45) is 4.25. The quantitative estimate of drug-likeness (QED) is 0.213. The molecule has 1 amide bonds. The highest BCUT2D eigenvalue weighted by Gasteiger charge is 2.16. The summed E-state index contributed by atoms with van der Waals surface area (Å²) in [5, 5.41) is 5.81. The molecular weight excluding hydrogens is 516 g/mol. The topological polar surface area (TPSA) is 152 Å². The third-order valence-electron chi connectivity index (χ3n) is 5.77. The van der Waals surface area contributed by atoms with Crippen LogP contribution >= 0.6 is 0 Å². The SMILES string of the molecule is COc1ccc(COc2cn(OCc3ccc(OC)cc3)c(C(=O)NCCNc3cncnc3N)cc2=O)cc1. The molecule has 12 nitrogen and oxygen atoms in total. The number of nitrogens with zero attached hydrogens (tertiary/aromatic N) is 3. The van der Waals surface area contributed by atoms with E-state index in [0.29, 0.717) is 29.5 Å². The highest BCUT2D eigenvalue weighted by Crippen LogP contribution is 2.15. The van der Waals surface area contributed by atoms with Gasteiger partial charge in [0.05, 0.1) is 32.3 Å². The van der Waals surface area contributed by atoms with Gasteiger partial charge in [0.25, 0.3) is 5.91 Å². The van der Waals surface area contributed by atoms with Gasteiger partial charge >= 0.3 is 0 Å². The standard InChI is InChI=1S/C28H30N6O6/c1-37-21-7-3-19(4-8-21)16-39-26-15-34(40-17-20-5-9-22(38-2)10-6-20)24(13-25(26)35)28(36)32-12-11-31-23-14-30-18-33-27(23)29/h3-10,13-15,18,31H,11-12,16-17H2,1-2H3,(H,32,36)(H2,29,30,33). The van der Waals surface area contributed by atoms with E-state index in [1.165, 1.54) is 23.3 Å². The van der Waals surface area contributed by atoms with Gasteiger partial charge in [-0.2, -0.15) is 4.73 Å². The summed E-state index contributed by atoms with van der Waals surface area (Å²) in [7, 11) is 3.17. The molecule has 2 aromatic carbocycles. The fraction of sp³-hybridized carbons (Fsp3) is 0.214. The van der Waals surface area contributed by atoms with Crippen LogP contribution in [0.4, 0.5) is 11.5 Å². The second kappa shape index (κ2) is 13.5. The number of hydrogen-bond donors (Lipinski definition) is 3. The summed E-state index contributed by atoms with van der Waals surface area (Å²) in [5.41, 5.74) is 7.57. The van der Waals surface area contributed by atoms with Crippen molar-refractivity contribution in [1.29, 1.82) is 0 Å². The fourth-order valence-corrected chi connectivity index (χ4v) is 3.57. The molecule has 0 aliphatic carbocycles. The Kier molecular flexibility index (Phi) is 9.38. The highest BCUT2D eigenvalue weighted by atomic mass is 16.7. The lowest BCUT2D eigenvalue weighted by molar-refractivity contribution is 0.0736. The van der Waals surface area contributed by atoms with Crippen LogP contribution in [0.5, 0.6) is 17.2 Å². The van der Waals surface area contributed by atoms with Gasteiger partial charge in [-0.1, -0.05) is 24.3 Å². The van der Waals surface area contributed by atoms with E-state index >= 15 is 0 Å². The first-order valence-electron chi connectivity index (χ1n) is 12.3. The summed E-state index contributed by atoms with van der Waals surface area (Å²) in [4.78, 5) is 39.6. The summed E-state index contributed by atoms with van der Waals surface area (Å²) in [6, 6.07) is 15.7. The number of carbonyl (C=O) groups excluding carboxylic acids is 1. The number of hydrogen-bond acceptors (Lipinski definition) is 10. The number of ether oxygens (including phenoxy) is 3. The molecule has 4 N–H and O–H groups in total. The van der Waals surface area contributed by atoms with E-state index in [1.54, 1.807) is 44.7 Å². The zero-order valence-corrected chi connectivity index (χ0v) is 22.1. The van der Waals surface area contributed by atoms with Crippen LogP contribution in [-0.4, -0.2) is 47.9 Å². The van der Waals surface area contributed by atoms with Crippen LogP contribution in [0, 0.1) is 0 Å². The summed E-state index contributed by atoms with van der Waals surface area (Å²) in [6.45, 7) is 0.847. The lowest BCUT2D eigenvalue weighted by Crippen LogP contribution is -2.33. The monoisotopic (exact) mass is 546 g/mol. The van der Waals surface area contributed by atoms with Crippen molar-refractivity contribution in [2.24, 2.45) is 0 Å². The maximum atomic E-state index is 13.0. The fourth-order valence-electron chi connectivity index (χ4n) is 3.57. The molecule has 0 radical (unpaired) electrons. The van der Waals surface area contributed by atoms with Gasteiger partial charge in [-0.25, -0.2) is 9.97 Å². The molecule has 2 aromatic heterocycles. The van der Waals surface area contributed by atoms with Crippen LogP contribution in [0.1, 0.15) is 21.6 Å². The molecule has 4 rings (SSSR count). The Hall–Kier alpha value is -5.26. The lowest BCUT2D eigenvalue weighted by Gasteiger charge is -2.17. The van der Waals surface area contributed by atoms with Crippen LogP contribution in [0.15, 0.2) is 78.1 Å². The zero-order valence-electron chi connectivity index (χ0n) is 22.1. The van der Waals surface area contributed by atoms with E-state index in [1.807, 2.05) is 24.3 Å². The molecule has 0 saturated heterocycles. The van der Waals surface area contributed by atoms with Gasteiger partial charge in [0.1, 0.15) is 42.6 Å². The average Bonchev–Trinajstić information content (AvgIpc) is 2.99. The molecule has 0 fully saturated rings. The lowest BCUT2D eigenvalue weighted by atomic mass is 10.2. The van der Waals surface area contributed by atoms with Crippen molar-refractivity contribution >= 4 is 17.4 Å². The third kappa shape index (κ3) is 7.40. The highest BCUT2D eigenvalue weighted by molar-refractivity contribution is 5.92. The number of amides is 1. The number of carbonyl (C=O) groups is 1. The second-order valence-corrected chi connectivity index (χ2v) is 8.48. The Balaban J connectivity index is 1.47. The zero-order chi connectivity index (χ0) is 28.3. The Bertz CT molecular complexity index is 1470. The molecule has 2 heterocycles. The normalized spacial score (nSPS) is 10.4. The number of benzene rings is 2. The van der Waals surface area contributed by atoms with Crippen molar-refractivity contribution in [3.63, 3.8) is 0 Å². The molecule has 0 aliphatic heterocycles. The molecule has 0 aliphatic rings. The molecule has 0 saturated carbocycles. The maximum absolute atomic E-state index is 13.0. The Labute approximate surface area is 230 Å². The van der Waals surface area contributed by atoms with E-state index in [2.05, 4.69) is 20.6 Å². The van der Waals surface area contributed by atoms with E-state index in [9.17, 15) is 9.59 Å². The van der Waals surface area contributed by atoms with Crippen LogP contribution in [0.2, 0.25) is 0 Å². The minimum absolute atomic E-state index is 0.0119. The van der Waals surface area contributed by atoms with Crippen molar-refractivity contribution in [1.82, 2.24) is 20.0 Å². The van der Waals surface area contributed by atoms with E-state index < -0.39 is 11.3 Å². The van der Waals surface area contributed by atoms with Gasteiger partial charge in [-0.05, 0) is 35.4 Å². The van der Waals surface area contributed by atoms with Gasteiger partial charge in [0.2, 0.25) is 5.43 Å². The number of nitrogen functional groups attached to an aromatic ring is 1. The van der Waals surface area contributed by atoms with E-state index in [0.717, 1.165) is 11.1 Å². The predicted octanol–water partition coefficient (Wildman–Crippen LogP) is 2.29. The van der Waals surface area contributed by atoms with Crippen molar-refractivity contribution < 1.29 is 23.8 Å².